The van der Waals surface area contributed by atoms with Crippen LogP contribution in [0.15, 0.2) is 54.6 Å². The molecule has 0 bridgehead atoms. The minimum absolute atomic E-state index is 0.0279. The van der Waals surface area contributed by atoms with Crippen molar-refractivity contribution in [2.75, 3.05) is 10.6 Å². The quantitative estimate of drug-likeness (QED) is 0.728. The molecule has 3 rings (SSSR count). The Kier molecular flexibility index (Phi) is 5.12. The van der Waals surface area contributed by atoms with Gasteiger partial charge in [-0.3, -0.25) is 4.79 Å². The molecule has 0 aliphatic rings. The average molecular weight is 358 g/mol. The molecule has 0 unspecified atom stereocenters. The fourth-order valence-corrected chi connectivity index (χ4v) is 2.23. The van der Waals surface area contributed by atoms with Crippen LogP contribution < -0.4 is 10.6 Å². The number of carbonyl (C=O) groups is 1. The van der Waals surface area contributed by atoms with E-state index >= 15 is 0 Å². The summed E-state index contributed by atoms with van der Waals surface area (Å²) in [6.45, 7) is 0. The van der Waals surface area contributed by atoms with Gasteiger partial charge in [0.2, 0.25) is 5.91 Å². The summed E-state index contributed by atoms with van der Waals surface area (Å²) in [6, 6.07) is 12.0. The number of para-hydroxylation sites is 1. The lowest BCUT2D eigenvalue weighted by Gasteiger charge is -2.08. The Morgan fingerprint density at radius 3 is 2.19 bits per heavy atom. The summed E-state index contributed by atoms with van der Waals surface area (Å²) in [4.78, 5) is 11.9. The first kappa shape index (κ1) is 17.4. The smallest absolute Gasteiger partial charge is 0.229 e. The van der Waals surface area contributed by atoms with Crippen molar-refractivity contribution in [3.8, 4) is 0 Å². The van der Waals surface area contributed by atoms with Gasteiger partial charge in [0.15, 0.2) is 11.6 Å². The van der Waals surface area contributed by atoms with Gasteiger partial charge in [-0.25, -0.2) is 13.2 Å². The highest BCUT2D eigenvalue weighted by Crippen LogP contribution is 2.22. The number of anilines is 3. The number of hydrogen-bond donors (Lipinski definition) is 2. The second-order valence-corrected chi connectivity index (χ2v) is 5.38. The molecule has 0 spiro atoms. The van der Waals surface area contributed by atoms with Gasteiger partial charge in [0.1, 0.15) is 23.1 Å². The number of nitrogens with zero attached hydrogens (tertiary/aromatic N) is 2. The van der Waals surface area contributed by atoms with Crippen molar-refractivity contribution in [1.82, 2.24) is 10.2 Å². The fraction of sp³-hybridized carbons (Fsp3) is 0.0556. The molecule has 1 heterocycles. The lowest BCUT2D eigenvalue weighted by molar-refractivity contribution is -0.115. The number of amides is 1. The molecule has 0 saturated carbocycles. The highest BCUT2D eigenvalue weighted by molar-refractivity contribution is 5.91. The van der Waals surface area contributed by atoms with Gasteiger partial charge in [0, 0.05) is 0 Å². The zero-order chi connectivity index (χ0) is 18.5. The first-order valence-electron chi connectivity index (χ1n) is 7.60. The topological polar surface area (TPSA) is 66.9 Å². The Hall–Kier alpha value is -3.42. The van der Waals surface area contributed by atoms with Gasteiger partial charge in [-0.15, -0.1) is 10.2 Å². The molecule has 8 heteroatoms. The predicted octanol–water partition coefficient (Wildman–Crippen LogP) is 3.82. The summed E-state index contributed by atoms with van der Waals surface area (Å²) in [5, 5.41) is 12.5. The van der Waals surface area contributed by atoms with Gasteiger partial charge < -0.3 is 10.6 Å². The molecule has 0 radical (unpaired) electrons. The molecule has 0 aliphatic heterocycles. The second kappa shape index (κ2) is 7.64. The standard InChI is InChI=1S/C18H13F3N4O/c19-12-4-1-3-11(9-12)10-17(26)22-15-7-8-16(25-24-15)23-18-13(20)5-2-6-14(18)21/h1-9H,10H2,(H,23,25)(H,22,24,26). The van der Waals surface area contributed by atoms with E-state index in [2.05, 4.69) is 20.8 Å². The SMILES string of the molecule is O=C(Cc1cccc(F)c1)Nc1ccc(Nc2c(F)cccc2F)nn1. The molecule has 2 aromatic carbocycles. The second-order valence-electron chi connectivity index (χ2n) is 5.38. The van der Waals surface area contributed by atoms with Crippen LogP contribution in [0, 0.1) is 17.5 Å². The molecule has 1 amide bonds. The fourth-order valence-electron chi connectivity index (χ4n) is 2.23. The Morgan fingerprint density at radius 1 is 0.885 bits per heavy atom. The van der Waals surface area contributed by atoms with Crippen LogP contribution in [0.3, 0.4) is 0 Å². The molecule has 132 valence electrons. The molecule has 3 aromatic rings. The predicted molar refractivity (Wildman–Crippen MR) is 90.4 cm³/mol. The maximum Gasteiger partial charge on any atom is 0.229 e. The van der Waals surface area contributed by atoms with E-state index in [0.717, 1.165) is 12.1 Å². The van der Waals surface area contributed by atoms with E-state index in [1.165, 1.54) is 36.4 Å². The number of benzene rings is 2. The number of rotatable bonds is 5. The molecule has 1 aromatic heterocycles. The maximum atomic E-state index is 13.6. The van der Waals surface area contributed by atoms with Crippen LogP contribution in [-0.4, -0.2) is 16.1 Å². The van der Waals surface area contributed by atoms with E-state index in [1.54, 1.807) is 6.07 Å². The number of hydrogen-bond acceptors (Lipinski definition) is 4. The van der Waals surface area contributed by atoms with Crippen LogP contribution in [0.1, 0.15) is 5.56 Å². The summed E-state index contributed by atoms with van der Waals surface area (Å²) < 4.78 is 40.3. The highest BCUT2D eigenvalue weighted by Gasteiger charge is 2.10. The molecule has 26 heavy (non-hydrogen) atoms. The number of nitrogens with one attached hydrogen (secondary N) is 2. The first-order chi connectivity index (χ1) is 12.5. The number of halogens is 3. The lowest BCUT2D eigenvalue weighted by Crippen LogP contribution is -2.16. The van der Waals surface area contributed by atoms with E-state index in [4.69, 9.17) is 0 Å². The Balaban J connectivity index is 1.63. The summed E-state index contributed by atoms with van der Waals surface area (Å²) in [6.07, 6.45) is -0.0279. The van der Waals surface area contributed by atoms with Gasteiger partial charge in [0.05, 0.1) is 6.42 Å². The Bertz CT molecular complexity index is 912. The summed E-state index contributed by atoms with van der Waals surface area (Å²) >= 11 is 0. The van der Waals surface area contributed by atoms with Gasteiger partial charge in [-0.2, -0.15) is 0 Å². The van der Waals surface area contributed by atoms with E-state index in [0.29, 0.717) is 5.56 Å². The van der Waals surface area contributed by atoms with Crippen molar-refractivity contribution in [2.24, 2.45) is 0 Å². The van der Waals surface area contributed by atoms with Gasteiger partial charge in [-0.1, -0.05) is 18.2 Å². The monoisotopic (exact) mass is 358 g/mol. The molecular formula is C18H13F3N4O. The molecule has 5 nitrogen and oxygen atoms in total. The largest absolute Gasteiger partial charge is 0.334 e. The van der Waals surface area contributed by atoms with Crippen LogP contribution in [0.4, 0.5) is 30.5 Å². The summed E-state index contributed by atoms with van der Waals surface area (Å²) in [7, 11) is 0. The first-order valence-corrected chi connectivity index (χ1v) is 7.60. The minimum Gasteiger partial charge on any atom is -0.334 e. The van der Waals surface area contributed by atoms with Crippen molar-refractivity contribution in [3.63, 3.8) is 0 Å². The molecule has 2 N–H and O–H groups in total. The number of aromatic nitrogens is 2. The Labute approximate surface area is 146 Å². The average Bonchev–Trinajstić information content (AvgIpc) is 2.60. The molecular weight excluding hydrogens is 345 g/mol. The van der Waals surface area contributed by atoms with E-state index < -0.39 is 23.4 Å². The zero-order valence-electron chi connectivity index (χ0n) is 13.3. The molecule has 0 saturated heterocycles. The van der Waals surface area contributed by atoms with Crippen LogP contribution in [0.5, 0.6) is 0 Å². The van der Waals surface area contributed by atoms with Crippen LogP contribution >= 0.6 is 0 Å². The Morgan fingerprint density at radius 2 is 1.54 bits per heavy atom. The van der Waals surface area contributed by atoms with Crippen LogP contribution in [-0.2, 0) is 11.2 Å². The van der Waals surface area contributed by atoms with Gasteiger partial charge in [0.25, 0.3) is 0 Å². The van der Waals surface area contributed by atoms with E-state index in [9.17, 15) is 18.0 Å². The van der Waals surface area contributed by atoms with Crippen molar-refractivity contribution in [3.05, 3.63) is 77.6 Å². The summed E-state index contributed by atoms with van der Waals surface area (Å²) in [5.41, 5.74) is 0.175. The van der Waals surface area contributed by atoms with E-state index in [1.807, 2.05) is 0 Å². The third-order valence-electron chi connectivity index (χ3n) is 3.40. The third-order valence-corrected chi connectivity index (χ3v) is 3.40. The van der Waals surface area contributed by atoms with Crippen molar-refractivity contribution < 1.29 is 18.0 Å². The highest BCUT2D eigenvalue weighted by atomic mass is 19.1. The molecule has 0 fully saturated rings. The molecule has 0 aliphatic carbocycles. The third kappa shape index (κ3) is 4.35. The van der Waals surface area contributed by atoms with Crippen molar-refractivity contribution >= 4 is 23.2 Å². The summed E-state index contributed by atoms with van der Waals surface area (Å²) in [5.74, 6) is -2.08. The molecule has 0 atom stereocenters. The lowest BCUT2D eigenvalue weighted by atomic mass is 10.1. The van der Waals surface area contributed by atoms with Crippen LogP contribution in [0.25, 0.3) is 0 Å². The van der Waals surface area contributed by atoms with Crippen LogP contribution in [0.2, 0.25) is 0 Å². The maximum absolute atomic E-state index is 13.6. The van der Waals surface area contributed by atoms with Crippen molar-refractivity contribution in [1.29, 1.82) is 0 Å². The number of carbonyl (C=O) groups excluding carboxylic acids is 1. The van der Waals surface area contributed by atoms with Gasteiger partial charge in [-0.05, 0) is 42.0 Å². The zero-order valence-corrected chi connectivity index (χ0v) is 13.3. The normalized spacial score (nSPS) is 10.4. The van der Waals surface area contributed by atoms with E-state index in [-0.39, 0.29) is 23.7 Å². The van der Waals surface area contributed by atoms with Crippen molar-refractivity contribution in [2.45, 2.75) is 6.42 Å². The minimum atomic E-state index is -0.765. The van der Waals surface area contributed by atoms with Gasteiger partial charge >= 0.3 is 0 Å².